The molecule has 0 fully saturated rings. The van der Waals surface area contributed by atoms with Crippen LogP contribution in [0.1, 0.15) is 102 Å². The molecule has 3 aromatic rings. The number of H-pyrrole nitrogens is 2. The lowest BCUT2D eigenvalue weighted by atomic mass is 9.97. The fraction of sp³-hybridized carbons (Fsp3) is 0.576. The smallest absolute Gasteiger partial charge is 0.327 e. The molecular formula is C33H47N7O6. The number of nitrogens with zero attached hydrogens (tertiary/aromatic N) is 5. The van der Waals surface area contributed by atoms with E-state index in [1.54, 1.807) is 11.0 Å². The number of nitrogens with one attached hydrogen (secondary N) is 2. The molecule has 1 aliphatic heterocycles. The third-order valence-corrected chi connectivity index (χ3v) is 8.87. The number of aromatic amines is 2. The van der Waals surface area contributed by atoms with Gasteiger partial charge >= 0.3 is 22.6 Å². The molecule has 0 saturated heterocycles. The summed E-state index contributed by atoms with van der Waals surface area (Å²) in [6, 6.07) is 5.56. The van der Waals surface area contributed by atoms with Crippen LogP contribution in [-0.4, -0.2) is 37.1 Å². The molecule has 13 heteroatoms. The van der Waals surface area contributed by atoms with E-state index in [1.807, 2.05) is 17.0 Å². The predicted octanol–water partition coefficient (Wildman–Crippen LogP) is 5.27. The van der Waals surface area contributed by atoms with Gasteiger partial charge in [-0.15, -0.1) is 0 Å². The van der Waals surface area contributed by atoms with Crippen molar-refractivity contribution in [3.63, 3.8) is 0 Å². The van der Waals surface area contributed by atoms with E-state index in [9.17, 15) is 29.3 Å². The Hall–Kier alpha value is -4.42. The number of aromatic nitrogens is 4. The van der Waals surface area contributed by atoms with E-state index in [2.05, 4.69) is 23.8 Å². The van der Waals surface area contributed by atoms with E-state index in [-0.39, 0.29) is 11.4 Å². The van der Waals surface area contributed by atoms with Gasteiger partial charge in [0, 0.05) is 45.0 Å². The first-order valence-corrected chi connectivity index (χ1v) is 16.6. The molecule has 46 heavy (non-hydrogen) atoms. The summed E-state index contributed by atoms with van der Waals surface area (Å²) in [7, 11) is 2.66. The lowest BCUT2D eigenvalue weighted by molar-refractivity contribution is -0.386. The van der Waals surface area contributed by atoms with Crippen LogP contribution in [0.25, 0.3) is 0 Å². The fourth-order valence-electron chi connectivity index (χ4n) is 6.14. The van der Waals surface area contributed by atoms with Gasteiger partial charge in [-0.1, -0.05) is 84.1 Å². The molecule has 0 radical (unpaired) electrons. The fourth-order valence-corrected chi connectivity index (χ4v) is 6.14. The van der Waals surface area contributed by atoms with Crippen LogP contribution >= 0.6 is 0 Å². The third-order valence-electron chi connectivity index (χ3n) is 8.87. The average molecular weight is 638 g/mol. The van der Waals surface area contributed by atoms with E-state index < -0.39 is 27.5 Å². The Morgan fingerprint density at radius 3 is 2.04 bits per heavy atom. The maximum atomic E-state index is 13.2. The van der Waals surface area contributed by atoms with Crippen LogP contribution in [0.3, 0.4) is 0 Å². The number of hydrogen-bond donors (Lipinski definition) is 2. The van der Waals surface area contributed by atoms with Gasteiger partial charge in [0.2, 0.25) is 5.82 Å². The number of unbranched alkanes of at least 4 members (excludes halogenated alkanes) is 10. The average Bonchev–Trinajstić information content (AvgIpc) is 3.03. The van der Waals surface area contributed by atoms with Crippen LogP contribution < -0.4 is 32.3 Å². The molecule has 0 unspecified atom stereocenters. The van der Waals surface area contributed by atoms with Gasteiger partial charge in [-0.2, -0.15) is 0 Å². The van der Waals surface area contributed by atoms with Crippen molar-refractivity contribution < 1.29 is 4.92 Å². The van der Waals surface area contributed by atoms with Crippen LogP contribution in [-0.2, 0) is 20.5 Å². The van der Waals surface area contributed by atoms with Crippen LogP contribution in [0, 0.1) is 10.1 Å². The van der Waals surface area contributed by atoms with E-state index in [1.165, 1.54) is 20.5 Å². The standard InChI is InChI=1S/C33H47N7O6/c1-5-7-9-11-13-15-19-38(29-27(40(45)46)31(42)37(4)33(44)35-29)24-18-17-23-21-25-28(34-32(43)36(3)30(25)41)39(26(23)22-24)20-16-14-12-10-8-6-2/h17-18,22H,5-16,19-21H2,1-4H3,(H,34,43)(H,35,44). The number of benzene rings is 1. The van der Waals surface area contributed by atoms with Crippen molar-refractivity contribution in [1.82, 2.24) is 19.1 Å². The molecule has 1 aromatic carbocycles. The van der Waals surface area contributed by atoms with Gasteiger partial charge in [-0.3, -0.25) is 38.8 Å². The molecule has 2 aromatic heterocycles. The van der Waals surface area contributed by atoms with Gasteiger partial charge in [-0.05, 0) is 30.5 Å². The Balaban J connectivity index is 1.80. The van der Waals surface area contributed by atoms with Crippen molar-refractivity contribution in [2.45, 2.75) is 97.3 Å². The SMILES string of the molecule is CCCCCCCCN(c1ccc2c(c1)N(CCCCCCCC)c1[nH]c(=O)n(C)c(=O)c1C2)c1[nH]c(=O)n(C)c(=O)c1[N+](=O)[O-]. The second kappa shape index (κ2) is 15.7. The molecule has 3 heterocycles. The number of hydrogen-bond acceptors (Lipinski definition) is 8. The van der Waals surface area contributed by atoms with Crippen molar-refractivity contribution >= 4 is 28.7 Å². The van der Waals surface area contributed by atoms with Crippen molar-refractivity contribution in [1.29, 1.82) is 0 Å². The topological polar surface area (TPSA) is 159 Å². The Labute approximate surface area is 268 Å². The van der Waals surface area contributed by atoms with E-state index >= 15 is 0 Å². The summed E-state index contributed by atoms with van der Waals surface area (Å²) in [6.07, 6.45) is 12.6. The van der Waals surface area contributed by atoms with Crippen LogP contribution in [0.2, 0.25) is 0 Å². The maximum absolute atomic E-state index is 13.2. The number of rotatable bonds is 17. The highest BCUT2D eigenvalue weighted by molar-refractivity contribution is 5.77. The molecule has 2 N–H and O–H groups in total. The minimum atomic E-state index is -0.985. The van der Waals surface area contributed by atoms with E-state index in [0.717, 1.165) is 80.0 Å². The summed E-state index contributed by atoms with van der Waals surface area (Å²) < 4.78 is 1.78. The summed E-state index contributed by atoms with van der Waals surface area (Å²) in [5, 5.41) is 12.2. The normalized spacial score (nSPS) is 12.2. The molecule has 0 spiro atoms. The van der Waals surface area contributed by atoms with Crippen molar-refractivity contribution in [3.8, 4) is 0 Å². The summed E-state index contributed by atoms with van der Waals surface area (Å²) >= 11 is 0. The van der Waals surface area contributed by atoms with Crippen LogP contribution in [0.4, 0.5) is 28.7 Å². The molecule has 4 rings (SSSR count). The summed E-state index contributed by atoms with van der Waals surface area (Å²) in [6.45, 7) is 5.20. The number of fused-ring (bicyclic) bond motifs is 2. The Bertz CT molecular complexity index is 1770. The predicted molar refractivity (Wildman–Crippen MR) is 181 cm³/mol. The Morgan fingerprint density at radius 1 is 0.804 bits per heavy atom. The van der Waals surface area contributed by atoms with Crippen LogP contribution in [0.5, 0.6) is 0 Å². The zero-order valence-electron chi connectivity index (χ0n) is 27.5. The van der Waals surface area contributed by atoms with Gasteiger partial charge in [0.15, 0.2) is 0 Å². The molecule has 0 bridgehead atoms. The Morgan fingerprint density at radius 2 is 1.39 bits per heavy atom. The quantitative estimate of drug-likeness (QED) is 0.115. The molecule has 13 nitrogen and oxygen atoms in total. The minimum Gasteiger partial charge on any atom is -0.327 e. The maximum Gasteiger partial charge on any atom is 0.374 e. The highest BCUT2D eigenvalue weighted by Crippen LogP contribution is 2.40. The summed E-state index contributed by atoms with van der Waals surface area (Å²) in [4.78, 5) is 72.2. The number of nitro groups is 1. The first kappa shape index (κ1) is 34.5. The molecule has 0 saturated carbocycles. The number of anilines is 4. The lowest BCUT2D eigenvalue weighted by Crippen LogP contribution is -2.40. The zero-order valence-corrected chi connectivity index (χ0v) is 27.5. The van der Waals surface area contributed by atoms with Gasteiger partial charge < -0.3 is 9.80 Å². The monoisotopic (exact) mass is 637 g/mol. The van der Waals surface area contributed by atoms with Crippen molar-refractivity contribution in [3.05, 3.63) is 81.1 Å². The zero-order chi connectivity index (χ0) is 33.4. The first-order valence-electron chi connectivity index (χ1n) is 16.6. The highest BCUT2D eigenvalue weighted by atomic mass is 16.6. The molecule has 250 valence electrons. The lowest BCUT2D eigenvalue weighted by Gasteiger charge is -2.34. The van der Waals surface area contributed by atoms with Crippen molar-refractivity contribution in [2.75, 3.05) is 22.9 Å². The second-order valence-electron chi connectivity index (χ2n) is 12.2. The Kier molecular flexibility index (Phi) is 11.8. The molecule has 0 amide bonds. The van der Waals surface area contributed by atoms with Crippen LogP contribution in [0.15, 0.2) is 37.4 Å². The summed E-state index contributed by atoms with van der Waals surface area (Å²) in [5.41, 5.74) is -0.584. The van der Waals surface area contributed by atoms with E-state index in [4.69, 9.17) is 0 Å². The minimum absolute atomic E-state index is 0.160. The molecule has 0 aliphatic carbocycles. The van der Waals surface area contributed by atoms with E-state index in [0.29, 0.717) is 47.6 Å². The largest absolute Gasteiger partial charge is 0.374 e. The molecule has 1 aliphatic rings. The second-order valence-corrected chi connectivity index (χ2v) is 12.2. The molecule has 0 atom stereocenters. The third kappa shape index (κ3) is 7.51. The van der Waals surface area contributed by atoms with Gasteiger partial charge in [0.05, 0.1) is 10.5 Å². The van der Waals surface area contributed by atoms with Gasteiger partial charge in [0.25, 0.3) is 5.56 Å². The molecular weight excluding hydrogens is 590 g/mol. The van der Waals surface area contributed by atoms with Crippen molar-refractivity contribution in [2.24, 2.45) is 14.1 Å². The van der Waals surface area contributed by atoms with Gasteiger partial charge in [0.1, 0.15) is 5.82 Å². The first-order chi connectivity index (χ1) is 22.1. The van der Waals surface area contributed by atoms with Gasteiger partial charge in [-0.25, -0.2) is 9.59 Å². The summed E-state index contributed by atoms with van der Waals surface area (Å²) in [5.74, 6) is 0.300. The highest BCUT2D eigenvalue weighted by Gasteiger charge is 2.31.